The van der Waals surface area contributed by atoms with Gasteiger partial charge in [-0.3, -0.25) is 25.7 Å². The minimum absolute atomic E-state index is 0.0711. The Labute approximate surface area is 415 Å². The molecule has 1 aliphatic heterocycles. The molecule has 0 fully saturated rings. The summed E-state index contributed by atoms with van der Waals surface area (Å²) >= 11 is 18.7. The van der Waals surface area contributed by atoms with Crippen molar-refractivity contribution in [1.82, 2.24) is 40.6 Å². The highest BCUT2D eigenvalue weighted by Crippen LogP contribution is 2.40. The topological polar surface area (TPSA) is 138 Å². The first kappa shape index (κ1) is 47.3. The predicted molar refractivity (Wildman–Crippen MR) is 279 cm³/mol. The first-order valence-electron chi connectivity index (χ1n) is 22.2. The number of nitrogens with zero attached hydrogens (tertiary/aromatic N) is 5. The maximum atomic E-state index is 14.7. The summed E-state index contributed by atoms with van der Waals surface area (Å²) in [5.41, 5.74) is 8.57. The van der Waals surface area contributed by atoms with E-state index in [0.29, 0.717) is 68.3 Å². The van der Waals surface area contributed by atoms with E-state index in [9.17, 15) is 13.2 Å². The van der Waals surface area contributed by atoms with Crippen LogP contribution in [0.5, 0.6) is 0 Å². The Balaban J connectivity index is 0.000000131. The number of H-pyrrole nitrogens is 3. The van der Waals surface area contributed by atoms with Crippen molar-refractivity contribution in [3.8, 4) is 33.4 Å². The van der Waals surface area contributed by atoms with Crippen molar-refractivity contribution in [2.45, 2.75) is 19.8 Å². The van der Waals surface area contributed by atoms with Crippen LogP contribution in [0.3, 0.4) is 0 Å². The average Bonchev–Trinajstić information content (AvgIpc) is 4.13. The molecule has 10 aromatic rings. The normalized spacial score (nSPS) is 11.9. The molecule has 4 aromatic heterocycles. The number of rotatable bonds is 11. The fourth-order valence-corrected chi connectivity index (χ4v) is 8.48. The summed E-state index contributed by atoms with van der Waals surface area (Å²) in [6.07, 6.45) is 11.6. The molecule has 0 spiro atoms. The van der Waals surface area contributed by atoms with Crippen LogP contribution in [0, 0.1) is 17.5 Å². The van der Waals surface area contributed by atoms with Crippen LogP contribution in [0.15, 0.2) is 158 Å². The summed E-state index contributed by atoms with van der Waals surface area (Å²) in [6.45, 7) is 3.63. The van der Waals surface area contributed by atoms with Gasteiger partial charge in [-0.15, -0.1) is 0 Å². The molecule has 0 radical (unpaired) electrons. The van der Waals surface area contributed by atoms with Crippen LogP contribution in [0.1, 0.15) is 19.8 Å². The highest BCUT2D eigenvalue weighted by molar-refractivity contribution is 6.35. The minimum Gasteiger partial charge on any atom is -0.368 e. The fraction of sp³-hybridized carbons (Fsp3) is 0.0943. The van der Waals surface area contributed by atoms with E-state index in [1.807, 2.05) is 157 Å². The summed E-state index contributed by atoms with van der Waals surface area (Å²) in [6, 6.07) is 39.6. The number of pyridine rings is 1. The van der Waals surface area contributed by atoms with Gasteiger partial charge in [0.2, 0.25) is 0 Å². The number of unbranched alkanes of at least 4 members (excludes halogenated alkanes) is 1. The molecule has 5 heterocycles. The number of benzene rings is 6. The Morgan fingerprint density at radius 1 is 0.571 bits per heavy atom. The Morgan fingerprint density at radius 3 is 1.49 bits per heavy atom. The fourth-order valence-electron chi connectivity index (χ4n) is 7.71. The molecule has 0 saturated heterocycles. The lowest BCUT2D eigenvalue weighted by molar-refractivity contribution is 0.492. The van der Waals surface area contributed by atoms with Crippen molar-refractivity contribution in [3.05, 3.63) is 191 Å². The zero-order chi connectivity index (χ0) is 48.6. The van der Waals surface area contributed by atoms with Gasteiger partial charge in [-0.25, -0.2) is 18.2 Å². The lowest BCUT2D eigenvalue weighted by Crippen LogP contribution is -2.25. The van der Waals surface area contributed by atoms with Gasteiger partial charge in [-0.05, 0) is 59.5 Å². The maximum Gasteiger partial charge on any atom is 0.174 e. The third-order valence-electron chi connectivity index (χ3n) is 11.3. The van der Waals surface area contributed by atoms with E-state index in [0.717, 1.165) is 41.5 Å². The molecule has 0 atom stereocenters. The average molecular weight is 997 g/mol. The largest absolute Gasteiger partial charge is 0.368 e. The minimum atomic E-state index is -0.519. The van der Waals surface area contributed by atoms with Crippen LogP contribution in [0.4, 0.5) is 36.4 Å². The second kappa shape index (κ2) is 21.7. The van der Waals surface area contributed by atoms with Gasteiger partial charge in [0, 0.05) is 51.8 Å². The highest BCUT2D eigenvalue weighted by Gasteiger charge is 2.21. The molecule has 6 aromatic carbocycles. The summed E-state index contributed by atoms with van der Waals surface area (Å²) in [4.78, 5) is 4.20. The molecule has 352 valence electrons. The second-order valence-corrected chi connectivity index (χ2v) is 17.0. The number of allylic oxidation sites excluding steroid dienone is 2. The van der Waals surface area contributed by atoms with Gasteiger partial charge in [0.1, 0.15) is 22.4 Å². The Bertz CT molecular complexity index is 3460. The molecule has 1 aliphatic rings. The van der Waals surface area contributed by atoms with Crippen molar-refractivity contribution < 1.29 is 13.2 Å². The number of fused-ring (bicyclic) bond motifs is 3. The number of aromatic nitrogens is 7. The van der Waals surface area contributed by atoms with Gasteiger partial charge in [0.05, 0.1) is 21.6 Å². The van der Waals surface area contributed by atoms with E-state index in [1.165, 1.54) is 0 Å². The van der Waals surface area contributed by atoms with E-state index in [4.69, 9.17) is 34.8 Å². The molecular formula is C53H43Cl3F3N11. The van der Waals surface area contributed by atoms with Crippen LogP contribution >= 0.6 is 34.8 Å². The Kier molecular flexibility index (Phi) is 14.6. The lowest BCUT2D eigenvalue weighted by Gasteiger charge is -2.21. The Hall–Kier alpha value is -7.78. The van der Waals surface area contributed by atoms with Crippen molar-refractivity contribution in [3.63, 3.8) is 0 Å². The zero-order valence-electron chi connectivity index (χ0n) is 37.3. The number of hydrogen-bond acceptors (Lipinski definition) is 8. The van der Waals surface area contributed by atoms with Gasteiger partial charge in [-0.2, -0.15) is 15.3 Å². The van der Waals surface area contributed by atoms with E-state index >= 15 is 0 Å². The van der Waals surface area contributed by atoms with Gasteiger partial charge < -0.3 is 10.6 Å². The molecule has 17 heteroatoms. The molecule has 0 aliphatic carbocycles. The molecule has 11 nitrogen and oxygen atoms in total. The molecule has 11 rings (SSSR count). The number of halogens is 6. The SMILES string of the molecule is CCCCNc1n[nH]c2c(F)c(Cl)c(-c3ccccc3)cc12.Fc1c(Cl)c(-c2ccccc2)cc2c(NN3C=CC=CC3)n[nH]c12.Fc1c(Cl)c(-c2ccccc2)cc2c(Nc3ccccn3)n[nH]c12. The van der Waals surface area contributed by atoms with E-state index in [2.05, 4.69) is 58.6 Å². The van der Waals surface area contributed by atoms with Crippen LogP contribution in [0.25, 0.3) is 66.1 Å². The second-order valence-electron chi connectivity index (χ2n) is 15.9. The quantitative estimate of drug-likeness (QED) is 0.0705. The number of hydrogen-bond donors (Lipinski definition) is 6. The van der Waals surface area contributed by atoms with E-state index in [1.54, 1.807) is 6.20 Å². The molecule has 0 amide bonds. The van der Waals surface area contributed by atoms with Crippen molar-refractivity contribution in [2.75, 3.05) is 29.1 Å². The van der Waals surface area contributed by atoms with Crippen LogP contribution in [-0.4, -0.2) is 53.7 Å². The predicted octanol–water partition coefficient (Wildman–Crippen LogP) is 15.1. The third kappa shape index (κ3) is 10.2. The van der Waals surface area contributed by atoms with Crippen LogP contribution in [0.2, 0.25) is 15.1 Å². The first-order valence-corrected chi connectivity index (χ1v) is 23.4. The summed E-state index contributed by atoms with van der Waals surface area (Å²) in [5, 5.41) is 31.1. The standard InChI is InChI=1S/C18H14ClFN4.C18H12ClFN4.C17H17ClFN3/c19-15-13(12-7-3-1-4-8-12)11-14-17(16(15)20)21-22-18(14)23-24-9-5-2-6-10-24;19-15-12(11-6-2-1-3-7-11)10-13-17(16(15)20)23-24-18(13)22-14-8-4-5-9-21-14;1-2-3-9-20-17-13-10-12(11-7-5-4-6-8-11)14(18)15(19)16(13)21-22-17/h1-9,11H,10H2,(H2,21,22,23);1-10H,(H2,21,22,23,24);4-8,10H,2-3,9H2,1H3,(H2,20,21,22). The molecule has 0 bridgehead atoms. The van der Waals surface area contributed by atoms with Crippen molar-refractivity contribution >= 4 is 90.8 Å². The maximum absolute atomic E-state index is 14.7. The number of hydrazine groups is 1. The molecular weight excluding hydrogens is 954 g/mol. The number of nitrogens with one attached hydrogen (secondary N) is 6. The van der Waals surface area contributed by atoms with E-state index < -0.39 is 17.5 Å². The zero-order valence-corrected chi connectivity index (χ0v) is 39.6. The smallest absolute Gasteiger partial charge is 0.174 e. The van der Waals surface area contributed by atoms with Crippen molar-refractivity contribution in [1.29, 1.82) is 0 Å². The van der Waals surface area contributed by atoms with Gasteiger partial charge >= 0.3 is 0 Å². The molecule has 0 saturated carbocycles. The van der Waals surface area contributed by atoms with Gasteiger partial charge in [0.25, 0.3) is 0 Å². The number of anilines is 4. The van der Waals surface area contributed by atoms with Crippen molar-refractivity contribution in [2.24, 2.45) is 0 Å². The first-order chi connectivity index (χ1) is 34.2. The monoisotopic (exact) mass is 995 g/mol. The Morgan fingerprint density at radius 2 is 1.03 bits per heavy atom. The highest BCUT2D eigenvalue weighted by atomic mass is 35.5. The van der Waals surface area contributed by atoms with E-state index in [-0.39, 0.29) is 20.6 Å². The molecule has 0 unspecified atom stereocenters. The van der Waals surface area contributed by atoms with Crippen LogP contribution in [-0.2, 0) is 0 Å². The third-order valence-corrected chi connectivity index (χ3v) is 12.4. The number of aromatic amines is 3. The summed E-state index contributed by atoms with van der Waals surface area (Å²) in [7, 11) is 0. The van der Waals surface area contributed by atoms with Gasteiger partial charge in [0.15, 0.2) is 34.9 Å². The van der Waals surface area contributed by atoms with Crippen LogP contribution < -0.4 is 16.1 Å². The van der Waals surface area contributed by atoms with Gasteiger partial charge in [-0.1, -0.05) is 157 Å². The molecule has 70 heavy (non-hydrogen) atoms. The summed E-state index contributed by atoms with van der Waals surface area (Å²) < 4.78 is 43.8. The lowest BCUT2D eigenvalue weighted by atomic mass is 10.0. The molecule has 6 N–H and O–H groups in total. The summed E-state index contributed by atoms with van der Waals surface area (Å²) in [5.74, 6) is 0.860.